The highest BCUT2D eigenvalue weighted by molar-refractivity contribution is 5.92. The number of hydrogen-bond donors (Lipinski definition) is 3. The smallest absolute Gasteiger partial charge is 0.330 e. The fourth-order valence-electron chi connectivity index (χ4n) is 2.49. The van der Waals surface area contributed by atoms with Crippen LogP contribution in [0.5, 0.6) is 5.75 Å². The van der Waals surface area contributed by atoms with Gasteiger partial charge in [-0.3, -0.25) is 0 Å². The third kappa shape index (κ3) is 3.42. The van der Waals surface area contributed by atoms with Crippen molar-refractivity contribution < 1.29 is 19.4 Å². The predicted molar refractivity (Wildman–Crippen MR) is 84.6 cm³/mol. The van der Waals surface area contributed by atoms with Crippen molar-refractivity contribution in [3.8, 4) is 5.75 Å². The molecule has 0 bridgehead atoms. The molecule has 0 saturated heterocycles. The van der Waals surface area contributed by atoms with E-state index in [9.17, 15) is 14.7 Å². The standard InChI is InChI=1S/C17H16N2O4/c20-16(21)15(12-6-7-14-11(10-12)8-9-23-14)19-17(22)18-13-4-2-1-3-5-13/h1-7,10,15H,8-9H2,(H,20,21)(H2,18,19,22)/t15-/m1/s1. The first-order valence-corrected chi connectivity index (χ1v) is 7.24. The van der Waals surface area contributed by atoms with Crippen molar-refractivity contribution >= 4 is 17.7 Å². The minimum absolute atomic E-state index is 0.518. The van der Waals surface area contributed by atoms with Crippen molar-refractivity contribution in [2.75, 3.05) is 11.9 Å². The molecule has 1 aliphatic rings. The number of rotatable bonds is 4. The maximum atomic E-state index is 12.0. The number of carbonyl (C=O) groups is 2. The molecule has 0 fully saturated rings. The zero-order valence-electron chi connectivity index (χ0n) is 12.3. The second-order valence-electron chi connectivity index (χ2n) is 5.20. The first kappa shape index (κ1) is 14.9. The Bertz CT molecular complexity index is 731. The van der Waals surface area contributed by atoms with Crippen LogP contribution in [-0.2, 0) is 11.2 Å². The van der Waals surface area contributed by atoms with Crippen molar-refractivity contribution in [1.29, 1.82) is 0 Å². The predicted octanol–water partition coefficient (Wildman–Crippen LogP) is 2.57. The lowest BCUT2D eigenvalue weighted by atomic mass is 10.0. The fourth-order valence-corrected chi connectivity index (χ4v) is 2.49. The van der Waals surface area contributed by atoms with E-state index < -0.39 is 18.0 Å². The number of carbonyl (C=O) groups excluding carboxylic acids is 1. The summed E-state index contributed by atoms with van der Waals surface area (Å²) in [5.41, 5.74) is 2.07. The van der Waals surface area contributed by atoms with Crippen LogP contribution in [0.3, 0.4) is 0 Å². The number of anilines is 1. The zero-order valence-corrected chi connectivity index (χ0v) is 12.3. The molecule has 3 rings (SSSR count). The van der Waals surface area contributed by atoms with E-state index in [1.54, 1.807) is 42.5 Å². The number of fused-ring (bicyclic) bond motifs is 1. The summed E-state index contributed by atoms with van der Waals surface area (Å²) < 4.78 is 5.41. The van der Waals surface area contributed by atoms with Crippen LogP contribution in [-0.4, -0.2) is 23.7 Å². The number of nitrogens with one attached hydrogen (secondary N) is 2. The second kappa shape index (κ2) is 6.39. The van der Waals surface area contributed by atoms with Crippen molar-refractivity contribution in [1.82, 2.24) is 5.32 Å². The van der Waals surface area contributed by atoms with Crippen LogP contribution in [0.2, 0.25) is 0 Å². The lowest BCUT2D eigenvalue weighted by molar-refractivity contribution is -0.139. The molecule has 3 N–H and O–H groups in total. The quantitative estimate of drug-likeness (QED) is 0.809. The van der Waals surface area contributed by atoms with Gasteiger partial charge in [0, 0.05) is 12.1 Å². The van der Waals surface area contributed by atoms with E-state index in [1.165, 1.54) is 0 Å². The van der Waals surface area contributed by atoms with Crippen LogP contribution in [0.15, 0.2) is 48.5 Å². The third-order valence-electron chi connectivity index (χ3n) is 3.60. The molecule has 2 amide bonds. The molecule has 1 heterocycles. The van der Waals surface area contributed by atoms with Crippen LogP contribution in [0.25, 0.3) is 0 Å². The normalized spacial score (nSPS) is 13.6. The molecule has 118 valence electrons. The molecular formula is C17H16N2O4. The molecule has 23 heavy (non-hydrogen) atoms. The molecule has 0 unspecified atom stereocenters. The van der Waals surface area contributed by atoms with Gasteiger partial charge in [-0.2, -0.15) is 0 Å². The zero-order chi connectivity index (χ0) is 16.2. The highest BCUT2D eigenvalue weighted by Crippen LogP contribution is 2.28. The van der Waals surface area contributed by atoms with E-state index in [0.717, 1.165) is 17.7 Å². The number of amides is 2. The average molecular weight is 312 g/mol. The Morgan fingerprint density at radius 2 is 1.91 bits per heavy atom. The fraction of sp³-hybridized carbons (Fsp3) is 0.176. The molecule has 0 spiro atoms. The van der Waals surface area contributed by atoms with Gasteiger partial charge in [0.25, 0.3) is 0 Å². The highest BCUT2D eigenvalue weighted by Gasteiger charge is 2.24. The summed E-state index contributed by atoms with van der Waals surface area (Å²) in [5.74, 6) is -0.348. The maximum Gasteiger partial charge on any atom is 0.330 e. The molecule has 2 aromatic carbocycles. The van der Waals surface area contributed by atoms with Crippen LogP contribution >= 0.6 is 0 Å². The lowest BCUT2D eigenvalue weighted by Gasteiger charge is -2.16. The van der Waals surface area contributed by atoms with Gasteiger partial charge in [0.2, 0.25) is 0 Å². The number of carboxylic acid groups (broad SMARTS) is 1. The number of aliphatic carboxylic acids is 1. The minimum Gasteiger partial charge on any atom is -0.493 e. The SMILES string of the molecule is O=C(Nc1ccccc1)N[C@@H](C(=O)O)c1ccc2c(c1)CCO2. The van der Waals surface area contributed by atoms with Gasteiger partial charge in [-0.05, 0) is 35.4 Å². The number of benzene rings is 2. The second-order valence-corrected chi connectivity index (χ2v) is 5.20. The molecule has 0 radical (unpaired) electrons. The van der Waals surface area contributed by atoms with Crippen LogP contribution in [0, 0.1) is 0 Å². The highest BCUT2D eigenvalue weighted by atomic mass is 16.5. The largest absolute Gasteiger partial charge is 0.493 e. The van der Waals surface area contributed by atoms with Gasteiger partial charge in [0.05, 0.1) is 6.61 Å². The number of ether oxygens (including phenoxy) is 1. The van der Waals surface area contributed by atoms with E-state index in [1.807, 2.05) is 6.07 Å². The lowest BCUT2D eigenvalue weighted by Crippen LogP contribution is -2.36. The first-order valence-electron chi connectivity index (χ1n) is 7.24. The Morgan fingerprint density at radius 1 is 1.13 bits per heavy atom. The summed E-state index contributed by atoms with van der Waals surface area (Å²) in [6.45, 7) is 0.596. The van der Waals surface area contributed by atoms with Gasteiger partial charge in [-0.25, -0.2) is 9.59 Å². The van der Waals surface area contributed by atoms with Gasteiger partial charge in [0.15, 0.2) is 6.04 Å². The van der Waals surface area contributed by atoms with Gasteiger partial charge in [-0.1, -0.05) is 24.3 Å². The molecule has 6 heteroatoms. The summed E-state index contributed by atoms with van der Waals surface area (Å²) in [7, 11) is 0. The molecule has 2 aromatic rings. The number of carboxylic acids is 1. The summed E-state index contributed by atoms with van der Waals surface area (Å²) >= 11 is 0. The Balaban J connectivity index is 1.74. The van der Waals surface area contributed by atoms with Crippen molar-refractivity contribution in [3.63, 3.8) is 0 Å². The number of hydrogen-bond acceptors (Lipinski definition) is 3. The monoisotopic (exact) mass is 312 g/mol. The van der Waals surface area contributed by atoms with Crippen LogP contribution < -0.4 is 15.4 Å². The Hall–Kier alpha value is -3.02. The molecule has 0 aromatic heterocycles. The van der Waals surface area contributed by atoms with Gasteiger partial charge in [0.1, 0.15) is 5.75 Å². The van der Waals surface area contributed by atoms with E-state index in [0.29, 0.717) is 17.9 Å². The van der Waals surface area contributed by atoms with E-state index in [-0.39, 0.29) is 0 Å². The van der Waals surface area contributed by atoms with Gasteiger partial charge >= 0.3 is 12.0 Å². The summed E-state index contributed by atoms with van der Waals surface area (Å²) in [6.07, 6.45) is 0.742. The molecular weight excluding hydrogens is 296 g/mol. The maximum absolute atomic E-state index is 12.0. The van der Waals surface area contributed by atoms with E-state index in [2.05, 4.69) is 10.6 Å². The summed E-state index contributed by atoms with van der Waals surface area (Å²) in [6, 6.07) is 12.3. The molecule has 1 atom stereocenters. The van der Waals surface area contributed by atoms with E-state index in [4.69, 9.17) is 4.74 Å². The van der Waals surface area contributed by atoms with Crippen molar-refractivity contribution in [2.24, 2.45) is 0 Å². The summed E-state index contributed by atoms with van der Waals surface area (Å²) in [5, 5.41) is 14.5. The first-order chi connectivity index (χ1) is 11.1. The van der Waals surface area contributed by atoms with Crippen LogP contribution in [0.4, 0.5) is 10.5 Å². The Morgan fingerprint density at radius 3 is 2.65 bits per heavy atom. The van der Waals surface area contributed by atoms with E-state index >= 15 is 0 Å². The Kier molecular flexibility index (Phi) is 4.14. The topological polar surface area (TPSA) is 87.7 Å². The molecule has 6 nitrogen and oxygen atoms in total. The van der Waals surface area contributed by atoms with Crippen LogP contribution in [0.1, 0.15) is 17.2 Å². The van der Waals surface area contributed by atoms with Crippen molar-refractivity contribution in [2.45, 2.75) is 12.5 Å². The third-order valence-corrected chi connectivity index (χ3v) is 3.60. The number of para-hydroxylation sites is 1. The molecule has 1 aliphatic heterocycles. The minimum atomic E-state index is -1.12. The van der Waals surface area contributed by atoms with Gasteiger partial charge in [-0.15, -0.1) is 0 Å². The number of urea groups is 1. The molecule has 0 aliphatic carbocycles. The van der Waals surface area contributed by atoms with Gasteiger partial charge < -0.3 is 20.5 Å². The van der Waals surface area contributed by atoms with Crippen molar-refractivity contribution in [3.05, 3.63) is 59.7 Å². The summed E-state index contributed by atoms with van der Waals surface area (Å²) in [4.78, 5) is 23.5. The Labute approximate surface area is 133 Å². The average Bonchev–Trinajstić information content (AvgIpc) is 3.01. The molecule has 0 saturated carbocycles.